The number of carbonyl (C=O) groups is 1. The van der Waals surface area contributed by atoms with E-state index in [4.69, 9.17) is 5.73 Å². The summed E-state index contributed by atoms with van der Waals surface area (Å²) < 4.78 is 0. The largest absolute Gasteiger partial charge is 0.349 e. The zero-order chi connectivity index (χ0) is 14.5. The van der Waals surface area contributed by atoms with E-state index >= 15 is 0 Å². The summed E-state index contributed by atoms with van der Waals surface area (Å²) in [6, 6.07) is 8.72. The summed E-state index contributed by atoms with van der Waals surface area (Å²) in [5, 5.41) is 0. The highest BCUT2D eigenvalue weighted by Crippen LogP contribution is 2.20. The molecular formula is C16H25N3O. The normalized spacial score (nSPS) is 17.1. The molecule has 1 heterocycles. The first-order valence-corrected chi connectivity index (χ1v) is 7.33. The molecule has 2 rings (SSSR count). The lowest BCUT2D eigenvalue weighted by Gasteiger charge is -2.30. The molecule has 4 nitrogen and oxygen atoms in total. The Kier molecular flexibility index (Phi) is 5.15. The van der Waals surface area contributed by atoms with Gasteiger partial charge in [0.25, 0.3) is 0 Å². The topological polar surface area (TPSA) is 49.6 Å². The molecule has 1 aliphatic rings. The molecular weight excluding hydrogens is 250 g/mol. The van der Waals surface area contributed by atoms with Gasteiger partial charge < -0.3 is 10.6 Å². The minimum Gasteiger partial charge on any atom is -0.349 e. The number of aryl methyl sites for hydroxylation is 1. The van der Waals surface area contributed by atoms with E-state index in [0.29, 0.717) is 13.0 Å². The monoisotopic (exact) mass is 275 g/mol. The lowest BCUT2D eigenvalue weighted by molar-refractivity contribution is -0.130. The molecule has 0 saturated carbocycles. The smallest absolute Gasteiger partial charge is 0.223 e. The first-order valence-electron chi connectivity index (χ1n) is 7.33. The van der Waals surface area contributed by atoms with Crippen molar-refractivity contribution in [2.75, 3.05) is 27.2 Å². The number of nitrogens with two attached hydrogens (primary N) is 1. The Balaban J connectivity index is 2.09. The predicted molar refractivity (Wildman–Crippen MR) is 81.3 cm³/mol. The molecule has 1 aliphatic heterocycles. The molecule has 2 N–H and O–H groups in total. The van der Waals surface area contributed by atoms with E-state index in [-0.39, 0.29) is 11.9 Å². The molecule has 1 unspecified atom stereocenters. The molecule has 0 radical (unpaired) electrons. The lowest BCUT2D eigenvalue weighted by atomic mass is 10.0. The van der Waals surface area contributed by atoms with Gasteiger partial charge in [-0.05, 0) is 30.5 Å². The third-order valence-corrected chi connectivity index (χ3v) is 4.08. The van der Waals surface area contributed by atoms with Crippen molar-refractivity contribution in [1.29, 1.82) is 0 Å². The van der Waals surface area contributed by atoms with Gasteiger partial charge in [-0.1, -0.05) is 24.3 Å². The van der Waals surface area contributed by atoms with Gasteiger partial charge in [0, 0.05) is 39.6 Å². The molecule has 1 aromatic rings. The summed E-state index contributed by atoms with van der Waals surface area (Å²) in [6.07, 6.45) is 2.75. The molecule has 110 valence electrons. The van der Waals surface area contributed by atoms with Crippen LogP contribution in [0.4, 0.5) is 0 Å². The van der Waals surface area contributed by atoms with Gasteiger partial charge in [-0.2, -0.15) is 0 Å². The van der Waals surface area contributed by atoms with Gasteiger partial charge in [0.2, 0.25) is 5.91 Å². The second-order valence-corrected chi connectivity index (χ2v) is 5.72. The second-order valence-electron chi connectivity index (χ2n) is 5.72. The number of nitrogens with zero attached hydrogens (tertiary/aromatic N) is 2. The third kappa shape index (κ3) is 3.58. The molecule has 1 amide bonds. The van der Waals surface area contributed by atoms with Crippen molar-refractivity contribution in [2.24, 2.45) is 5.73 Å². The van der Waals surface area contributed by atoms with E-state index in [1.807, 2.05) is 0 Å². The van der Waals surface area contributed by atoms with Crippen molar-refractivity contribution >= 4 is 5.91 Å². The van der Waals surface area contributed by atoms with E-state index in [1.54, 1.807) is 19.0 Å². The van der Waals surface area contributed by atoms with Crippen LogP contribution >= 0.6 is 0 Å². The van der Waals surface area contributed by atoms with Crippen molar-refractivity contribution in [1.82, 2.24) is 9.80 Å². The zero-order valence-corrected chi connectivity index (χ0v) is 12.5. The Labute approximate surface area is 121 Å². The Bertz CT molecular complexity index is 459. The van der Waals surface area contributed by atoms with E-state index < -0.39 is 0 Å². The van der Waals surface area contributed by atoms with E-state index in [9.17, 15) is 4.79 Å². The molecule has 20 heavy (non-hydrogen) atoms. The van der Waals surface area contributed by atoms with Crippen LogP contribution in [-0.4, -0.2) is 48.9 Å². The summed E-state index contributed by atoms with van der Waals surface area (Å²) in [4.78, 5) is 15.9. The van der Waals surface area contributed by atoms with Gasteiger partial charge in [-0.25, -0.2) is 0 Å². The van der Waals surface area contributed by atoms with E-state index in [0.717, 1.165) is 25.9 Å². The molecule has 4 heteroatoms. The Morgan fingerprint density at radius 2 is 2.05 bits per heavy atom. The lowest BCUT2D eigenvalue weighted by Crippen LogP contribution is -2.43. The van der Waals surface area contributed by atoms with Crippen molar-refractivity contribution in [3.8, 4) is 0 Å². The summed E-state index contributed by atoms with van der Waals surface area (Å²) in [7, 11) is 3.60. The van der Waals surface area contributed by atoms with Crippen LogP contribution in [-0.2, 0) is 17.8 Å². The number of rotatable bonds is 4. The number of benzene rings is 1. The zero-order valence-electron chi connectivity index (χ0n) is 12.5. The van der Waals surface area contributed by atoms with Crippen LogP contribution in [0.5, 0.6) is 0 Å². The highest BCUT2D eigenvalue weighted by Gasteiger charge is 2.23. The van der Waals surface area contributed by atoms with E-state index in [2.05, 4.69) is 29.2 Å². The third-order valence-electron chi connectivity index (χ3n) is 4.08. The Hall–Kier alpha value is -1.39. The minimum atomic E-state index is 0.135. The summed E-state index contributed by atoms with van der Waals surface area (Å²) >= 11 is 0. The van der Waals surface area contributed by atoms with E-state index in [1.165, 1.54) is 11.1 Å². The molecule has 0 aromatic heterocycles. The summed E-state index contributed by atoms with van der Waals surface area (Å²) in [5.74, 6) is 0.151. The van der Waals surface area contributed by atoms with Crippen molar-refractivity contribution in [2.45, 2.75) is 31.8 Å². The summed E-state index contributed by atoms with van der Waals surface area (Å²) in [6.45, 7) is 2.44. The summed E-state index contributed by atoms with van der Waals surface area (Å²) in [5.41, 5.74) is 8.72. The molecule has 0 fully saturated rings. The van der Waals surface area contributed by atoms with Crippen LogP contribution in [0.15, 0.2) is 24.3 Å². The molecule has 0 bridgehead atoms. The van der Waals surface area contributed by atoms with Crippen LogP contribution in [0.25, 0.3) is 0 Å². The van der Waals surface area contributed by atoms with Gasteiger partial charge in [0.1, 0.15) is 0 Å². The van der Waals surface area contributed by atoms with Gasteiger partial charge in [0.05, 0.1) is 0 Å². The average molecular weight is 275 g/mol. The highest BCUT2D eigenvalue weighted by atomic mass is 16.2. The fraction of sp³-hybridized carbons (Fsp3) is 0.562. The van der Waals surface area contributed by atoms with Gasteiger partial charge >= 0.3 is 0 Å². The maximum atomic E-state index is 11.9. The van der Waals surface area contributed by atoms with Gasteiger partial charge in [-0.3, -0.25) is 9.69 Å². The molecule has 0 spiro atoms. The maximum Gasteiger partial charge on any atom is 0.223 e. The van der Waals surface area contributed by atoms with Crippen LogP contribution in [0, 0.1) is 0 Å². The van der Waals surface area contributed by atoms with Crippen molar-refractivity contribution in [3.63, 3.8) is 0 Å². The fourth-order valence-corrected chi connectivity index (χ4v) is 2.78. The number of hydrogen-bond donors (Lipinski definition) is 1. The first kappa shape index (κ1) is 15.0. The van der Waals surface area contributed by atoms with Crippen LogP contribution in [0.2, 0.25) is 0 Å². The number of amides is 1. The van der Waals surface area contributed by atoms with Crippen LogP contribution in [0.1, 0.15) is 24.0 Å². The fourth-order valence-electron chi connectivity index (χ4n) is 2.78. The first-order chi connectivity index (χ1) is 9.61. The Morgan fingerprint density at radius 1 is 1.35 bits per heavy atom. The van der Waals surface area contributed by atoms with Crippen molar-refractivity contribution in [3.05, 3.63) is 35.4 Å². The highest BCUT2D eigenvalue weighted by molar-refractivity contribution is 5.76. The number of carbonyl (C=O) groups excluding carboxylic acids is 1. The molecule has 0 saturated heterocycles. The van der Waals surface area contributed by atoms with Gasteiger partial charge in [-0.15, -0.1) is 0 Å². The van der Waals surface area contributed by atoms with Crippen LogP contribution < -0.4 is 5.73 Å². The Morgan fingerprint density at radius 3 is 2.70 bits per heavy atom. The number of hydrogen-bond acceptors (Lipinski definition) is 3. The van der Waals surface area contributed by atoms with Gasteiger partial charge in [0.15, 0.2) is 0 Å². The maximum absolute atomic E-state index is 11.9. The SMILES string of the molecule is CN(C)C(=O)CC(CN)N1CCCc2ccccc2C1. The second kappa shape index (κ2) is 6.86. The average Bonchev–Trinajstić information content (AvgIpc) is 2.66. The van der Waals surface area contributed by atoms with Crippen molar-refractivity contribution < 1.29 is 4.79 Å². The van der Waals surface area contributed by atoms with Crippen LogP contribution in [0.3, 0.4) is 0 Å². The number of fused-ring (bicyclic) bond motifs is 1. The molecule has 1 atom stereocenters. The predicted octanol–water partition coefficient (Wildman–Crippen LogP) is 1.24. The standard InChI is InChI=1S/C16H25N3O/c1-18(2)16(20)10-15(11-17)19-9-5-8-13-6-3-4-7-14(13)12-19/h3-4,6-7,15H,5,8-12,17H2,1-2H3. The quantitative estimate of drug-likeness (QED) is 0.899. The molecule has 1 aromatic carbocycles. The molecule has 0 aliphatic carbocycles. The minimum absolute atomic E-state index is 0.135.